The number of thiophene rings is 1. The zero-order valence-electron chi connectivity index (χ0n) is 11.9. The van der Waals surface area contributed by atoms with Crippen molar-refractivity contribution in [2.24, 2.45) is 0 Å². The average Bonchev–Trinajstić information content (AvgIpc) is 2.93. The van der Waals surface area contributed by atoms with Crippen LogP contribution in [0.1, 0.15) is 17.8 Å². The molecule has 2 aromatic carbocycles. The highest BCUT2D eigenvalue weighted by molar-refractivity contribution is 7.19. The maximum atomic E-state index is 13.2. The molecule has 0 aliphatic carbocycles. The van der Waals surface area contributed by atoms with Gasteiger partial charge in [-0.1, -0.05) is 18.2 Å². The van der Waals surface area contributed by atoms with Crippen LogP contribution >= 0.6 is 11.3 Å². The van der Waals surface area contributed by atoms with Crippen LogP contribution in [0, 0.1) is 5.82 Å². The molecule has 0 saturated carbocycles. The fraction of sp³-hybridized carbons (Fsp3) is 0.176. The summed E-state index contributed by atoms with van der Waals surface area (Å²) in [5, 5.41) is 4.63. The van der Waals surface area contributed by atoms with E-state index in [-0.39, 0.29) is 11.9 Å². The Balaban J connectivity index is 1.87. The fourth-order valence-electron chi connectivity index (χ4n) is 2.30. The largest absolute Gasteiger partial charge is 0.494 e. The molecule has 21 heavy (non-hydrogen) atoms. The first kappa shape index (κ1) is 13.9. The predicted octanol–water partition coefficient (Wildman–Crippen LogP) is 5.22. The van der Waals surface area contributed by atoms with Crippen molar-refractivity contribution in [1.82, 2.24) is 0 Å². The van der Waals surface area contributed by atoms with Crippen molar-refractivity contribution < 1.29 is 9.13 Å². The molecule has 1 atom stereocenters. The van der Waals surface area contributed by atoms with E-state index in [2.05, 4.69) is 30.4 Å². The molecule has 1 unspecified atom stereocenters. The lowest BCUT2D eigenvalue weighted by atomic mass is 10.2. The SMILES string of the molecule is COc1cc(F)ccc1NC(C)c1cc2ccccc2s1. The first-order valence-electron chi connectivity index (χ1n) is 6.76. The molecule has 0 amide bonds. The summed E-state index contributed by atoms with van der Waals surface area (Å²) in [5.74, 6) is 0.217. The van der Waals surface area contributed by atoms with E-state index in [0.29, 0.717) is 5.75 Å². The Hall–Kier alpha value is -2.07. The summed E-state index contributed by atoms with van der Waals surface area (Å²) in [5.41, 5.74) is 0.795. The molecule has 0 saturated heterocycles. The Bertz CT molecular complexity index is 735. The number of halogens is 1. The number of methoxy groups -OCH3 is 1. The topological polar surface area (TPSA) is 21.3 Å². The molecule has 1 N–H and O–H groups in total. The van der Waals surface area contributed by atoms with Crippen LogP contribution in [0.5, 0.6) is 5.75 Å². The quantitative estimate of drug-likeness (QED) is 0.713. The summed E-state index contributed by atoms with van der Waals surface area (Å²) in [7, 11) is 1.55. The van der Waals surface area contributed by atoms with Gasteiger partial charge in [-0.3, -0.25) is 0 Å². The van der Waals surface area contributed by atoms with Crippen LogP contribution in [-0.2, 0) is 0 Å². The Kier molecular flexibility index (Phi) is 3.80. The van der Waals surface area contributed by atoms with Gasteiger partial charge in [-0.25, -0.2) is 4.39 Å². The highest BCUT2D eigenvalue weighted by Gasteiger charge is 2.12. The molecule has 0 aliphatic rings. The van der Waals surface area contributed by atoms with Gasteiger partial charge in [0.15, 0.2) is 0 Å². The van der Waals surface area contributed by atoms with Crippen LogP contribution in [0.25, 0.3) is 10.1 Å². The molecule has 0 radical (unpaired) electrons. The summed E-state index contributed by atoms with van der Waals surface area (Å²) in [6, 6.07) is 15.2. The van der Waals surface area contributed by atoms with E-state index in [1.165, 1.54) is 27.1 Å². The minimum absolute atomic E-state index is 0.127. The van der Waals surface area contributed by atoms with E-state index < -0.39 is 0 Å². The van der Waals surface area contributed by atoms with Crippen LogP contribution < -0.4 is 10.1 Å². The number of hydrogen-bond acceptors (Lipinski definition) is 3. The molecular formula is C17H16FNOS. The third-order valence-corrected chi connectivity index (χ3v) is 4.71. The second-order valence-electron chi connectivity index (χ2n) is 4.90. The fourth-order valence-corrected chi connectivity index (χ4v) is 3.37. The Labute approximate surface area is 127 Å². The molecule has 1 heterocycles. The van der Waals surface area contributed by atoms with Gasteiger partial charge in [0, 0.05) is 15.6 Å². The number of anilines is 1. The van der Waals surface area contributed by atoms with Crippen molar-refractivity contribution in [1.29, 1.82) is 0 Å². The number of nitrogens with one attached hydrogen (secondary N) is 1. The Morgan fingerprint density at radius 3 is 2.71 bits per heavy atom. The van der Waals surface area contributed by atoms with E-state index in [0.717, 1.165) is 5.69 Å². The van der Waals surface area contributed by atoms with Crippen LogP contribution in [0.3, 0.4) is 0 Å². The summed E-state index contributed by atoms with van der Waals surface area (Å²) in [6.45, 7) is 2.09. The summed E-state index contributed by atoms with van der Waals surface area (Å²) in [6.07, 6.45) is 0. The predicted molar refractivity (Wildman–Crippen MR) is 86.8 cm³/mol. The van der Waals surface area contributed by atoms with Gasteiger partial charge in [-0.15, -0.1) is 11.3 Å². The normalized spacial score (nSPS) is 12.3. The molecule has 4 heteroatoms. The smallest absolute Gasteiger partial charge is 0.144 e. The lowest BCUT2D eigenvalue weighted by Crippen LogP contribution is -2.06. The van der Waals surface area contributed by atoms with Gasteiger partial charge in [0.05, 0.1) is 18.8 Å². The van der Waals surface area contributed by atoms with Gasteiger partial charge in [-0.05, 0) is 36.6 Å². The Morgan fingerprint density at radius 1 is 1.14 bits per heavy atom. The van der Waals surface area contributed by atoms with E-state index in [1.807, 2.05) is 12.1 Å². The first-order valence-corrected chi connectivity index (χ1v) is 7.57. The maximum absolute atomic E-state index is 13.2. The van der Waals surface area contributed by atoms with Gasteiger partial charge < -0.3 is 10.1 Å². The summed E-state index contributed by atoms with van der Waals surface area (Å²) >= 11 is 1.76. The lowest BCUT2D eigenvalue weighted by molar-refractivity contribution is 0.412. The molecule has 0 bridgehead atoms. The molecule has 3 aromatic rings. The molecule has 2 nitrogen and oxygen atoms in total. The van der Waals surface area contributed by atoms with Gasteiger partial charge in [0.1, 0.15) is 11.6 Å². The standard InChI is InChI=1S/C17H16FNOS/c1-11(17-9-12-5-3-4-6-16(12)21-17)19-14-8-7-13(18)10-15(14)20-2/h3-11,19H,1-2H3. The zero-order valence-corrected chi connectivity index (χ0v) is 12.7. The monoisotopic (exact) mass is 301 g/mol. The van der Waals surface area contributed by atoms with E-state index in [4.69, 9.17) is 4.74 Å². The highest BCUT2D eigenvalue weighted by atomic mass is 32.1. The van der Waals surface area contributed by atoms with Gasteiger partial charge >= 0.3 is 0 Å². The lowest BCUT2D eigenvalue weighted by Gasteiger charge is -2.16. The summed E-state index contributed by atoms with van der Waals surface area (Å²) in [4.78, 5) is 1.24. The van der Waals surface area contributed by atoms with Crippen molar-refractivity contribution in [2.75, 3.05) is 12.4 Å². The number of ether oxygens (including phenoxy) is 1. The average molecular weight is 301 g/mol. The van der Waals surface area contributed by atoms with E-state index in [1.54, 1.807) is 24.5 Å². The molecule has 0 aliphatic heterocycles. The molecule has 3 rings (SSSR count). The highest BCUT2D eigenvalue weighted by Crippen LogP contribution is 2.33. The van der Waals surface area contributed by atoms with Crippen LogP contribution in [0.2, 0.25) is 0 Å². The van der Waals surface area contributed by atoms with E-state index in [9.17, 15) is 4.39 Å². The number of benzene rings is 2. The van der Waals surface area contributed by atoms with Crippen molar-refractivity contribution in [3.63, 3.8) is 0 Å². The van der Waals surface area contributed by atoms with Crippen molar-refractivity contribution in [2.45, 2.75) is 13.0 Å². The number of hydrogen-bond donors (Lipinski definition) is 1. The second kappa shape index (κ2) is 5.74. The Morgan fingerprint density at radius 2 is 1.95 bits per heavy atom. The van der Waals surface area contributed by atoms with Crippen molar-refractivity contribution >= 4 is 27.1 Å². The number of fused-ring (bicyclic) bond motifs is 1. The first-order chi connectivity index (χ1) is 10.2. The van der Waals surface area contributed by atoms with Crippen molar-refractivity contribution in [3.8, 4) is 5.75 Å². The molecule has 0 fully saturated rings. The minimum atomic E-state index is -0.299. The zero-order chi connectivity index (χ0) is 14.8. The van der Waals surface area contributed by atoms with Crippen LogP contribution in [-0.4, -0.2) is 7.11 Å². The van der Waals surface area contributed by atoms with E-state index >= 15 is 0 Å². The summed E-state index contributed by atoms with van der Waals surface area (Å²) < 4.78 is 19.7. The van der Waals surface area contributed by atoms with Gasteiger partial charge in [-0.2, -0.15) is 0 Å². The minimum Gasteiger partial charge on any atom is -0.494 e. The molecule has 108 valence electrons. The molecule has 0 spiro atoms. The van der Waals surface area contributed by atoms with Crippen LogP contribution in [0.15, 0.2) is 48.5 Å². The number of rotatable bonds is 4. The van der Waals surface area contributed by atoms with Crippen molar-refractivity contribution in [3.05, 3.63) is 59.2 Å². The third-order valence-electron chi connectivity index (χ3n) is 3.41. The van der Waals surface area contributed by atoms with Crippen LogP contribution in [0.4, 0.5) is 10.1 Å². The second-order valence-corrected chi connectivity index (χ2v) is 6.01. The van der Waals surface area contributed by atoms with Gasteiger partial charge in [0.2, 0.25) is 0 Å². The van der Waals surface area contributed by atoms with Gasteiger partial charge in [0.25, 0.3) is 0 Å². The maximum Gasteiger partial charge on any atom is 0.144 e. The molecule has 1 aromatic heterocycles. The molecular weight excluding hydrogens is 285 g/mol. The third kappa shape index (κ3) is 2.85.